The summed E-state index contributed by atoms with van der Waals surface area (Å²) in [4.78, 5) is 21.1. The number of aromatic carboxylic acids is 2. The Balaban J connectivity index is 0.00000220. The van der Waals surface area contributed by atoms with Gasteiger partial charge in [-0.1, -0.05) is 12.1 Å². The minimum Gasteiger partial charge on any atom is -0.478 e. The molecule has 105 valence electrons. The van der Waals surface area contributed by atoms with Crippen molar-refractivity contribution in [3.05, 3.63) is 41.5 Å². The molecule has 3 N–H and O–H groups in total. The zero-order valence-electron chi connectivity index (χ0n) is 10.8. The summed E-state index contributed by atoms with van der Waals surface area (Å²) in [5.74, 6) is -2.84. The van der Waals surface area contributed by atoms with Crippen LogP contribution in [-0.4, -0.2) is 64.7 Å². The first kappa shape index (κ1) is 17.6. The van der Waals surface area contributed by atoms with E-state index < -0.39 is 32.5 Å². The summed E-state index contributed by atoms with van der Waals surface area (Å²) in [7, 11) is -4.82. The number of hydrogen-bond donors (Lipinski definition) is 3. The Labute approximate surface area is 141 Å². The maximum absolute atomic E-state index is 11.4. The summed E-state index contributed by atoms with van der Waals surface area (Å²) in [5, 5.41) is 18.0. The molecule has 7 nitrogen and oxygen atoms in total. The Morgan fingerprint density at radius 1 is 0.952 bits per heavy atom. The number of carboxylic acid groups (broad SMARTS) is 2. The van der Waals surface area contributed by atoms with Crippen LogP contribution in [0.1, 0.15) is 20.7 Å². The Bertz CT molecular complexity index is 837. The average Bonchev–Trinajstić information content (AvgIpc) is 2.35. The standard InChI is InChI=1S/C12H8O7S.Na/c13-11(14)7-2-1-6-3-4-8(12(15)16)10(9(6)5-7)20(17,18)19;/h1-5H,(H,13,14)(H,15,16)(H,17,18,19);. The molecule has 0 aliphatic carbocycles. The number of carboxylic acids is 2. The normalized spacial score (nSPS) is 10.9. The number of fused-ring (bicyclic) bond motifs is 1. The SMILES string of the molecule is O=C(O)c1ccc2ccc(C(=O)O)c(S(=O)(=O)O)c2c1.[Na]. The van der Waals surface area contributed by atoms with Crippen LogP contribution < -0.4 is 0 Å². The maximum Gasteiger partial charge on any atom is 0.337 e. The van der Waals surface area contributed by atoms with E-state index in [1.165, 1.54) is 18.2 Å². The van der Waals surface area contributed by atoms with Gasteiger partial charge in [-0.2, -0.15) is 8.42 Å². The van der Waals surface area contributed by atoms with Crippen LogP contribution in [0.5, 0.6) is 0 Å². The molecule has 0 bridgehead atoms. The van der Waals surface area contributed by atoms with Crippen LogP contribution in [0, 0.1) is 0 Å². The van der Waals surface area contributed by atoms with Crippen LogP contribution in [0.4, 0.5) is 0 Å². The predicted molar refractivity (Wildman–Crippen MR) is 73.4 cm³/mol. The summed E-state index contributed by atoms with van der Waals surface area (Å²) in [6.07, 6.45) is 0. The van der Waals surface area contributed by atoms with Gasteiger partial charge in [-0.25, -0.2) is 9.59 Å². The second-order valence-electron chi connectivity index (χ2n) is 3.96. The summed E-state index contributed by atoms with van der Waals surface area (Å²) < 4.78 is 32.0. The second-order valence-corrected chi connectivity index (χ2v) is 5.32. The van der Waals surface area contributed by atoms with Crippen molar-refractivity contribution in [2.24, 2.45) is 0 Å². The molecule has 0 amide bonds. The quantitative estimate of drug-likeness (QED) is 0.570. The molecule has 2 aromatic rings. The molecule has 2 rings (SSSR count). The fraction of sp³-hybridized carbons (Fsp3) is 0. The van der Waals surface area contributed by atoms with Gasteiger partial charge in [0, 0.05) is 34.9 Å². The third-order valence-corrected chi connectivity index (χ3v) is 3.66. The number of benzene rings is 2. The van der Waals surface area contributed by atoms with Gasteiger partial charge in [0.2, 0.25) is 0 Å². The van der Waals surface area contributed by atoms with Crippen molar-refractivity contribution in [3.63, 3.8) is 0 Å². The molecule has 1 radical (unpaired) electrons. The van der Waals surface area contributed by atoms with Gasteiger partial charge in [-0.05, 0) is 23.6 Å². The van der Waals surface area contributed by atoms with E-state index in [1.54, 1.807) is 0 Å². The van der Waals surface area contributed by atoms with Gasteiger partial charge >= 0.3 is 11.9 Å². The maximum atomic E-state index is 11.4. The van der Waals surface area contributed by atoms with Gasteiger partial charge in [0.25, 0.3) is 10.1 Å². The van der Waals surface area contributed by atoms with Crippen LogP contribution >= 0.6 is 0 Å². The summed E-state index contributed by atoms with van der Waals surface area (Å²) in [6, 6.07) is 5.96. The van der Waals surface area contributed by atoms with E-state index in [2.05, 4.69) is 0 Å². The molecule has 21 heavy (non-hydrogen) atoms. The third kappa shape index (κ3) is 3.42. The summed E-state index contributed by atoms with van der Waals surface area (Å²) in [5.41, 5.74) is -0.840. The van der Waals surface area contributed by atoms with Crippen LogP contribution in [0.15, 0.2) is 35.2 Å². The minimum atomic E-state index is -4.82. The number of carbonyl (C=O) groups is 2. The first-order valence-corrected chi connectivity index (χ1v) is 6.66. The van der Waals surface area contributed by atoms with Crippen molar-refractivity contribution in [1.82, 2.24) is 0 Å². The van der Waals surface area contributed by atoms with E-state index in [1.807, 2.05) is 0 Å². The molecule has 2 aromatic carbocycles. The van der Waals surface area contributed by atoms with E-state index in [4.69, 9.17) is 10.2 Å². The van der Waals surface area contributed by atoms with Crippen LogP contribution in [-0.2, 0) is 10.1 Å². The molecule has 9 heteroatoms. The predicted octanol–water partition coefficient (Wildman–Crippen LogP) is 1.10. The Morgan fingerprint density at radius 2 is 1.52 bits per heavy atom. The average molecular weight is 319 g/mol. The molecule has 0 spiro atoms. The first-order valence-electron chi connectivity index (χ1n) is 5.22. The Hall–Kier alpha value is -1.45. The van der Waals surface area contributed by atoms with E-state index in [-0.39, 0.29) is 40.5 Å². The van der Waals surface area contributed by atoms with Crippen molar-refractivity contribution in [3.8, 4) is 0 Å². The van der Waals surface area contributed by atoms with Gasteiger partial charge in [-0.3, -0.25) is 4.55 Å². The minimum absolute atomic E-state index is 0. The van der Waals surface area contributed by atoms with Crippen LogP contribution in [0.3, 0.4) is 0 Å². The second kappa shape index (κ2) is 6.12. The number of hydrogen-bond acceptors (Lipinski definition) is 4. The Morgan fingerprint density at radius 3 is 2.00 bits per heavy atom. The molecule has 0 heterocycles. The fourth-order valence-electron chi connectivity index (χ4n) is 1.87. The van der Waals surface area contributed by atoms with E-state index in [0.29, 0.717) is 5.39 Å². The Kier molecular flexibility index (Phi) is 5.13. The molecule has 0 saturated carbocycles. The zero-order chi connectivity index (χ0) is 15.1. The monoisotopic (exact) mass is 319 g/mol. The summed E-state index contributed by atoms with van der Waals surface area (Å²) >= 11 is 0. The van der Waals surface area contributed by atoms with Gasteiger partial charge in [-0.15, -0.1) is 0 Å². The summed E-state index contributed by atoms with van der Waals surface area (Å²) in [6.45, 7) is 0. The number of rotatable bonds is 3. The molecule has 0 atom stereocenters. The van der Waals surface area contributed by atoms with Gasteiger partial charge in [0.15, 0.2) is 0 Å². The van der Waals surface area contributed by atoms with E-state index in [0.717, 1.165) is 12.1 Å². The van der Waals surface area contributed by atoms with Crippen LogP contribution in [0.25, 0.3) is 10.8 Å². The largest absolute Gasteiger partial charge is 0.478 e. The fourth-order valence-corrected chi connectivity index (χ4v) is 2.76. The molecule has 0 aromatic heterocycles. The van der Waals surface area contributed by atoms with Gasteiger partial charge in [0.1, 0.15) is 4.90 Å². The zero-order valence-corrected chi connectivity index (χ0v) is 13.6. The topological polar surface area (TPSA) is 129 Å². The van der Waals surface area contributed by atoms with E-state index >= 15 is 0 Å². The molecular weight excluding hydrogens is 311 g/mol. The van der Waals surface area contributed by atoms with Crippen molar-refractivity contribution < 1.29 is 32.8 Å². The molecule has 0 fully saturated rings. The van der Waals surface area contributed by atoms with Gasteiger partial charge in [0.05, 0.1) is 11.1 Å². The van der Waals surface area contributed by atoms with Crippen LogP contribution in [0.2, 0.25) is 0 Å². The molecular formula is C12H8NaO7S. The van der Waals surface area contributed by atoms with Crippen molar-refractivity contribution in [1.29, 1.82) is 0 Å². The molecule has 0 saturated heterocycles. The van der Waals surface area contributed by atoms with Gasteiger partial charge < -0.3 is 10.2 Å². The smallest absolute Gasteiger partial charge is 0.337 e. The van der Waals surface area contributed by atoms with Crippen molar-refractivity contribution >= 4 is 62.4 Å². The first-order chi connectivity index (χ1) is 9.21. The molecule has 0 aliphatic rings. The van der Waals surface area contributed by atoms with Crippen molar-refractivity contribution in [2.75, 3.05) is 0 Å². The third-order valence-electron chi connectivity index (χ3n) is 2.71. The molecule has 0 aliphatic heterocycles. The van der Waals surface area contributed by atoms with E-state index in [9.17, 15) is 22.6 Å². The molecule has 0 unspecified atom stereocenters. The van der Waals surface area contributed by atoms with Crippen molar-refractivity contribution in [2.45, 2.75) is 4.90 Å².